The van der Waals surface area contributed by atoms with Crippen molar-refractivity contribution in [2.45, 2.75) is 0 Å². The van der Waals surface area contributed by atoms with Crippen molar-refractivity contribution in [1.82, 2.24) is 19.9 Å². The Morgan fingerprint density at radius 1 is 0.600 bits per heavy atom. The van der Waals surface area contributed by atoms with E-state index in [0.717, 1.165) is 32.9 Å². The molecule has 2 aromatic heterocycles. The molecule has 4 nitrogen and oxygen atoms in total. The van der Waals surface area contributed by atoms with E-state index in [1.807, 2.05) is 36.7 Å². The molecule has 0 atom stereocenters. The third-order valence-corrected chi connectivity index (χ3v) is 3.36. The van der Waals surface area contributed by atoms with E-state index in [1.165, 1.54) is 0 Å². The molecule has 2 aromatic carbocycles. The van der Waals surface area contributed by atoms with Crippen molar-refractivity contribution in [2.24, 2.45) is 0 Å². The molecule has 4 aromatic rings. The van der Waals surface area contributed by atoms with Gasteiger partial charge in [-0.05, 0) is 0 Å². The molecule has 4 rings (SSSR count). The summed E-state index contributed by atoms with van der Waals surface area (Å²) in [5, 5.41) is 2.05. The summed E-state index contributed by atoms with van der Waals surface area (Å²) in [6.07, 6.45) is 6.80. The predicted octanol–water partition coefficient (Wildman–Crippen LogP) is 3.24. The Morgan fingerprint density at radius 3 is 1.60 bits per heavy atom. The highest BCUT2D eigenvalue weighted by molar-refractivity contribution is 6.01. The highest BCUT2D eigenvalue weighted by Gasteiger charge is 2.09. The van der Waals surface area contributed by atoms with Crippen LogP contribution in [0.4, 0.5) is 0 Å². The fourth-order valence-corrected chi connectivity index (χ4v) is 2.46. The van der Waals surface area contributed by atoms with E-state index in [9.17, 15) is 0 Å². The zero-order chi connectivity index (χ0) is 13.4. The van der Waals surface area contributed by atoms with Gasteiger partial charge < -0.3 is 0 Å². The Labute approximate surface area is 115 Å². The first kappa shape index (κ1) is 11.0. The minimum atomic E-state index is 0.939. The summed E-state index contributed by atoms with van der Waals surface area (Å²) in [5.74, 6) is 0. The molecule has 0 bridgehead atoms. The van der Waals surface area contributed by atoms with Crippen LogP contribution in [0.3, 0.4) is 0 Å². The lowest BCUT2D eigenvalue weighted by molar-refractivity contribution is 1.22. The number of rotatable bonds is 1. The smallest absolute Gasteiger partial charge is 0.116 e. The molecule has 0 saturated carbocycles. The maximum absolute atomic E-state index is 4.41. The Balaban J connectivity index is 2.12. The molecule has 0 unspecified atom stereocenters. The highest BCUT2D eigenvalue weighted by Crippen LogP contribution is 2.30. The van der Waals surface area contributed by atoms with Gasteiger partial charge in [-0.3, -0.25) is 0 Å². The monoisotopic (exact) mass is 258 g/mol. The summed E-state index contributed by atoms with van der Waals surface area (Å²) in [4.78, 5) is 17.0. The van der Waals surface area contributed by atoms with Crippen molar-refractivity contribution >= 4 is 21.8 Å². The average Bonchev–Trinajstić information content (AvgIpc) is 2.54. The first-order valence-electron chi connectivity index (χ1n) is 6.31. The van der Waals surface area contributed by atoms with E-state index >= 15 is 0 Å². The molecule has 0 amide bonds. The van der Waals surface area contributed by atoms with E-state index < -0.39 is 0 Å². The SMILES string of the molecule is c1cc(-c2cccc3cncnc23)c2ncncc2c1. The first-order valence-corrected chi connectivity index (χ1v) is 6.31. The first-order chi connectivity index (χ1) is 9.93. The van der Waals surface area contributed by atoms with Crippen LogP contribution < -0.4 is 0 Å². The Hall–Kier alpha value is -2.88. The van der Waals surface area contributed by atoms with Gasteiger partial charge in [0.25, 0.3) is 0 Å². The lowest BCUT2D eigenvalue weighted by Crippen LogP contribution is -1.89. The second-order valence-electron chi connectivity index (χ2n) is 4.53. The lowest BCUT2D eigenvalue weighted by Gasteiger charge is -2.08. The molecule has 2 heterocycles. The topological polar surface area (TPSA) is 51.6 Å². The fraction of sp³-hybridized carbons (Fsp3) is 0. The van der Waals surface area contributed by atoms with Crippen LogP contribution in [-0.2, 0) is 0 Å². The number of nitrogens with zero attached hydrogens (tertiary/aromatic N) is 4. The maximum atomic E-state index is 4.41. The molecule has 0 aliphatic carbocycles. The Morgan fingerprint density at radius 2 is 1.10 bits per heavy atom. The third kappa shape index (κ3) is 1.62. The van der Waals surface area contributed by atoms with Crippen molar-refractivity contribution in [1.29, 1.82) is 0 Å². The minimum absolute atomic E-state index is 0.939. The van der Waals surface area contributed by atoms with Crippen LogP contribution in [0.25, 0.3) is 32.9 Å². The normalized spacial score (nSPS) is 11.0. The predicted molar refractivity (Wildman–Crippen MR) is 78.1 cm³/mol. The number of benzene rings is 2. The van der Waals surface area contributed by atoms with Gasteiger partial charge in [-0.25, -0.2) is 19.9 Å². The molecule has 0 spiro atoms. The summed E-state index contributed by atoms with van der Waals surface area (Å²) in [6.45, 7) is 0. The van der Waals surface area contributed by atoms with Crippen molar-refractivity contribution in [3.63, 3.8) is 0 Å². The molecular formula is C16H10N4. The van der Waals surface area contributed by atoms with Gasteiger partial charge in [-0.15, -0.1) is 0 Å². The summed E-state index contributed by atoms with van der Waals surface area (Å²) >= 11 is 0. The van der Waals surface area contributed by atoms with Crippen LogP contribution in [0.5, 0.6) is 0 Å². The summed E-state index contributed by atoms with van der Waals surface area (Å²) < 4.78 is 0. The van der Waals surface area contributed by atoms with E-state index in [-0.39, 0.29) is 0 Å². The Kier molecular flexibility index (Phi) is 2.39. The second kappa shape index (κ2) is 4.35. The van der Waals surface area contributed by atoms with E-state index in [1.54, 1.807) is 12.7 Å². The van der Waals surface area contributed by atoms with E-state index in [2.05, 4.69) is 32.1 Å². The highest BCUT2D eigenvalue weighted by atomic mass is 14.8. The number of hydrogen-bond acceptors (Lipinski definition) is 4. The molecule has 0 radical (unpaired) electrons. The van der Waals surface area contributed by atoms with Crippen molar-refractivity contribution in [3.8, 4) is 11.1 Å². The van der Waals surface area contributed by atoms with Gasteiger partial charge in [-0.1, -0.05) is 36.4 Å². The zero-order valence-corrected chi connectivity index (χ0v) is 10.6. The van der Waals surface area contributed by atoms with Gasteiger partial charge >= 0.3 is 0 Å². The van der Waals surface area contributed by atoms with Gasteiger partial charge in [0.05, 0.1) is 11.0 Å². The molecule has 0 fully saturated rings. The van der Waals surface area contributed by atoms with Crippen LogP contribution in [0.2, 0.25) is 0 Å². The van der Waals surface area contributed by atoms with Crippen molar-refractivity contribution in [3.05, 3.63) is 61.4 Å². The van der Waals surface area contributed by atoms with E-state index in [0.29, 0.717) is 0 Å². The molecule has 0 aliphatic rings. The fourth-order valence-electron chi connectivity index (χ4n) is 2.46. The average molecular weight is 258 g/mol. The van der Waals surface area contributed by atoms with Gasteiger partial charge in [0.1, 0.15) is 12.7 Å². The molecule has 0 N–H and O–H groups in total. The Bertz CT molecular complexity index is 830. The van der Waals surface area contributed by atoms with E-state index in [4.69, 9.17) is 0 Å². The quantitative estimate of drug-likeness (QED) is 0.526. The number of aromatic nitrogens is 4. The molecule has 0 saturated heterocycles. The lowest BCUT2D eigenvalue weighted by atomic mass is 10.0. The summed E-state index contributed by atoms with van der Waals surface area (Å²) in [6, 6.07) is 12.2. The van der Waals surface area contributed by atoms with Gasteiger partial charge in [-0.2, -0.15) is 0 Å². The van der Waals surface area contributed by atoms with Crippen LogP contribution in [0.1, 0.15) is 0 Å². The number of fused-ring (bicyclic) bond motifs is 2. The van der Waals surface area contributed by atoms with Crippen LogP contribution in [-0.4, -0.2) is 19.9 Å². The minimum Gasteiger partial charge on any atom is -0.244 e. The van der Waals surface area contributed by atoms with Crippen molar-refractivity contribution < 1.29 is 0 Å². The largest absolute Gasteiger partial charge is 0.244 e. The molecular weight excluding hydrogens is 248 g/mol. The van der Waals surface area contributed by atoms with Gasteiger partial charge in [0.15, 0.2) is 0 Å². The van der Waals surface area contributed by atoms with Crippen LogP contribution in [0, 0.1) is 0 Å². The van der Waals surface area contributed by atoms with Gasteiger partial charge in [0.2, 0.25) is 0 Å². The third-order valence-electron chi connectivity index (χ3n) is 3.36. The second-order valence-corrected chi connectivity index (χ2v) is 4.53. The van der Waals surface area contributed by atoms with Crippen LogP contribution >= 0.6 is 0 Å². The van der Waals surface area contributed by atoms with Crippen LogP contribution in [0.15, 0.2) is 61.4 Å². The molecule has 0 aliphatic heterocycles. The molecule has 20 heavy (non-hydrogen) atoms. The molecule has 4 heteroatoms. The summed E-state index contributed by atoms with van der Waals surface area (Å²) in [7, 11) is 0. The van der Waals surface area contributed by atoms with Gasteiger partial charge in [0, 0.05) is 34.3 Å². The standard InChI is InChI=1S/C16H10N4/c1-3-11-7-17-9-19-15(11)13(5-1)14-6-2-4-12-8-18-10-20-16(12)14/h1-10H. The number of hydrogen-bond donors (Lipinski definition) is 0. The maximum Gasteiger partial charge on any atom is 0.116 e. The molecule has 94 valence electrons. The van der Waals surface area contributed by atoms with Crippen molar-refractivity contribution in [2.75, 3.05) is 0 Å². The summed E-state index contributed by atoms with van der Waals surface area (Å²) in [5.41, 5.74) is 4.01. The zero-order valence-electron chi connectivity index (χ0n) is 10.6. The number of para-hydroxylation sites is 2.